The summed E-state index contributed by atoms with van der Waals surface area (Å²) in [7, 11) is 1.59. The van der Waals surface area contributed by atoms with Crippen molar-refractivity contribution >= 4 is 17.0 Å². The summed E-state index contributed by atoms with van der Waals surface area (Å²) >= 11 is 0. The van der Waals surface area contributed by atoms with Crippen molar-refractivity contribution in [2.75, 3.05) is 20.3 Å². The highest BCUT2D eigenvalue weighted by atomic mass is 16.5. The number of methoxy groups -OCH3 is 1. The summed E-state index contributed by atoms with van der Waals surface area (Å²) in [6, 6.07) is 3.46. The van der Waals surface area contributed by atoms with Gasteiger partial charge in [0.1, 0.15) is 5.69 Å². The highest BCUT2D eigenvalue weighted by molar-refractivity contribution is 5.96. The number of rotatable bonds is 4. The number of carbonyl (C=O) groups excluding carboxylic acids is 1. The molecule has 2 heterocycles. The molecular formula is C10H12N2O3. The molecule has 15 heavy (non-hydrogen) atoms. The van der Waals surface area contributed by atoms with Crippen LogP contribution in [0.1, 0.15) is 10.5 Å². The van der Waals surface area contributed by atoms with Crippen molar-refractivity contribution in [1.29, 1.82) is 0 Å². The predicted octanol–water partition coefficient (Wildman–Crippen LogP) is 1.14. The second kappa shape index (κ2) is 4.18. The molecule has 5 heteroatoms. The van der Waals surface area contributed by atoms with E-state index in [1.54, 1.807) is 25.5 Å². The van der Waals surface area contributed by atoms with Crippen molar-refractivity contribution in [3.8, 4) is 0 Å². The molecule has 0 spiro atoms. The number of hydrogen-bond donors (Lipinski definition) is 2. The largest absolute Gasteiger partial charge is 0.463 e. The second-order valence-electron chi connectivity index (χ2n) is 3.13. The number of carbonyl (C=O) groups is 1. The molecule has 0 atom stereocenters. The highest BCUT2D eigenvalue weighted by Crippen LogP contribution is 2.15. The van der Waals surface area contributed by atoms with Crippen molar-refractivity contribution in [3.05, 3.63) is 24.1 Å². The summed E-state index contributed by atoms with van der Waals surface area (Å²) in [6.07, 6.45) is 1.58. The Balaban J connectivity index is 2.04. The molecule has 5 nitrogen and oxygen atoms in total. The van der Waals surface area contributed by atoms with Crippen LogP contribution in [0.2, 0.25) is 0 Å². The summed E-state index contributed by atoms with van der Waals surface area (Å²) in [5.74, 6) is -0.154. The maximum absolute atomic E-state index is 11.5. The van der Waals surface area contributed by atoms with Crippen LogP contribution in [0.25, 0.3) is 11.1 Å². The molecule has 0 saturated carbocycles. The Labute approximate surface area is 86.4 Å². The highest BCUT2D eigenvalue weighted by Gasteiger charge is 2.09. The molecule has 0 aromatic carbocycles. The first-order valence-corrected chi connectivity index (χ1v) is 4.64. The maximum Gasteiger partial charge on any atom is 0.267 e. The van der Waals surface area contributed by atoms with E-state index in [4.69, 9.17) is 9.15 Å². The third kappa shape index (κ3) is 2.02. The summed E-state index contributed by atoms with van der Waals surface area (Å²) in [4.78, 5) is 14.5. The molecule has 0 aliphatic heterocycles. The van der Waals surface area contributed by atoms with Gasteiger partial charge in [0.25, 0.3) is 5.91 Å². The standard InChI is InChI=1S/C10H12N2O3/c1-14-5-3-11-10(13)8-6-9-7(12-8)2-4-15-9/h2,4,6,12H,3,5H2,1H3,(H,11,13). The van der Waals surface area contributed by atoms with E-state index in [9.17, 15) is 4.79 Å². The average Bonchev–Trinajstić information content (AvgIpc) is 2.76. The number of H-pyrrole nitrogens is 1. The van der Waals surface area contributed by atoms with Crippen LogP contribution in [0.3, 0.4) is 0 Å². The molecule has 2 N–H and O–H groups in total. The van der Waals surface area contributed by atoms with E-state index in [0.29, 0.717) is 24.4 Å². The van der Waals surface area contributed by atoms with Crippen molar-refractivity contribution in [1.82, 2.24) is 10.3 Å². The lowest BCUT2D eigenvalue weighted by Gasteiger charge is -2.01. The molecular weight excluding hydrogens is 196 g/mol. The Morgan fingerprint density at radius 3 is 3.27 bits per heavy atom. The van der Waals surface area contributed by atoms with E-state index in [2.05, 4.69) is 10.3 Å². The fraction of sp³-hybridized carbons (Fsp3) is 0.300. The van der Waals surface area contributed by atoms with E-state index in [-0.39, 0.29) is 5.91 Å². The van der Waals surface area contributed by atoms with Gasteiger partial charge in [-0.1, -0.05) is 0 Å². The van der Waals surface area contributed by atoms with Crippen molar-refractivity contribution in [2.24, 2.45) is 0 Å². The lowest BCUT2D eigenvalue weighted by atomic mass is 10.4. The Hall–Kier alpha value is -1.75. The van der Waals surface area contributed by atoms with Crippen LogP contribution in [-0.2, 0) is 4.74 Å². The molecule has 0 aliphatic carbocycles. The summed E-state index contributed by atoms with van der Waals surface area (Å²) < 4.78 is 9.97. The number of amides is 1. The molecule has 0 saturated heterocycles. The fourth-order valence-corrected chi connectivity index (χ4v) is 1.33. The van der Waals surface area contributed by atoms with Crippen LogP contribution in [-0.4, -0.2) is 31.2 Å². The van der Waals surface area contributed by atoms with Crippen molar-refractivity contribution in [2.45, 2.75) is 0 Å². The van der Waals surface area contributed by atoms with E-state index >= 15 is 0 Å². The van der Waals surface area contributed by atoms with Gasteiger partial charge in [0.05, 0.1) is 18.4 Å². The summed E-state index contributed by atoms with van der Waals surface area (Å²) in [5, 5.41) is 2.71. The van der Waals surface area contributed by atoms with Gasteiger partial charge in [0.2, 0.25) is 0 Å². The summed E-state index contributed by atoms with van der Waals surface area (Å²) in [6.45, 7) is 0.998. The molecule has 1 amide bonds. The first-order valence-electron chi connectivity index (χ1n) is 4.64. The molecule has 2 aromatic rings. The van der Waals surface area contributed by atoms with Crippen LogP contribution in [0.15, 0.2) is 22.8 Å². The first kappa shape index (κ1) is 9.79. The number of furan rings is 1. The van der Waals surface area contributed by atoms with E-state index in [0.717, 1.165) is 5.52 Å². The van der Waals surface area contributed by atoms with Gasteiger partial charge in [-0.15, -0.1) is 0 Å². The molecule has 80 valence electrons. The van der Waals surface area contributed by atoms with E-state index < -0.39 is 0 Å². The van der Waals surface area contributed by atoms with Crippen LogP contribution in [0, 0.1) is 0 Å². The zero-order valence-corrected chi connectivity index (χ0v) is 8.37. The second-order valence-corrected chi connectivity index (χ2v) is 3.13. The number of hydrogen-bond acceptors (Lipinski definition) is 3. The zero-order valence-electron chi connectivity index (χ0n) is 8.37. The number of fused-ring (bicyclic) bond motifs is 1. The molecule has 2 rings (SSSR count). The molecule has 0 unspecified atom stereocenters. The SMILES string of the molecule is COCCNC(=O)c1cc2occc2[nH]1. The van der Waals surface area contributed by atoms with Crippen LogP contribution in [0.5, 0.6) is 0 Å². The predicted molar refractivity (Wildman–Crippen MR) is 54.8 cm³/mol. The van der Waals surface area contributed by atoms with Gasteiger partial charge in [-0.2, -0.15) is 0 Å². The Morgan fingerprint density at radius 2 is 2.53 bits per heavy atom. The molecule has 0 aliphatic rings. The minimum absolute atomic E-state index is 0.154. The first-order chi connectivity index (χ1) is 7.31. The summed E-state index contributed by atoms with van der Waals surface area (Å²) in [5.41, 5.74) is 2.01. The minimum atomic E-state index is -0.154. The normalized spacial score (nSPS) is 10.7. The van der Waals surface area contributed by atoms with Gasteiger partial charge in [0, 0.05) is 25.8 Å². The van der Waals surface area contributed by atoms with Crippen molar-refractivity contribution in [3.63, 3.8) is 0 Å². The lowest BCUT2D eigenvalue weighted by Crippen LogP contribution is -2.27. The van der Waals surface area contributed by atoms with Gasteiger partial charge >= 0.3 is 0 Å². The van der Waals surface area contributed by atoms with E-state index in [1.807, 2.05) is 0 Å². The molecule has 0 bridgehead atoms. The number of aromatic nitrogens is 1. The van der Waals surface area contributed by atoms with Gasteiger partial charge in [0.15, 0.2) is 5.58 Å². The molecule has 0 fully saturated rings. The quantitative estimate of drug-likeness (QED) is 0.740. The molecule has 2 aromatic heterocycles. The van der Waals surface area contributed by atoms with Gasteiger partial charge in [-0.05, 0) is 0 Å². The van der Waals surface area contributed by atoms with E-state index in [1.165, 1.54) is 0 Å². The Bertz CT molecular complexity index is 429. The van der Waals surface area contributed by atoms with Gasteiger partial charge < -0.3 is 19.5 Å². The van der Waals surface area contributed by atoms with Gasteiger partial charge in [-0.25, -0.2) is 0 Å². The van der Waals surface area contributed by atoms with Crippen LogP contribution in [0.4, 0.5) is 0 Å². The number of aromatic amines is 1. The van der Waals surface area contributed by atoms with Gasteiger partial charge in [-0.3, -0.25) is 4.79 Å². The monoisotopic (exact) mass is 208 g/mol. The van der Waals surface area contributed by atoms with Crippen molar-refractivity contribution < 1.29 is 13.9 Å². The van der Waals surface area contributed by atoms with Crippen LogP contribution < -0.4 is 5.32 Å². The number of ether oxygens (including phenoxy) is 1. The number of nitrogens with one attached hydrogen (secondary N) is 2. The third-order valence-electron chi connectivity index (χ3n) is 2.08. The smallest absolute Gasteiger partial charge is 0.267 e. The minimum Gasteiger partial charge on any atom is -0.463 e. The Morgan fingerprint density at radius 1 is 1.67 bits per heavy atom. The lowest BCUT2D eigenvalue weighted by molar-refractivity contribution is 0.0933. The topological polar surface area (TPSA) is 67.3 Å². The van der Waals surface area contributed by atoms with Crippen LogP contribution >= 0.6 is 0 Å². The molecule has 0 radical (unpaired) electrons. The maximum atomic E-state index is 11.5. The zero-order chi connectivity index (χ0) is 10.7. The Kier molecular flexibility index (Phi) is 2.73. The fourth-order valence-electron chi connectivity index (χ4n) is 1.33. The third-order valence-corrected chi connectivity index (χ3v) is 2.08. The average molecular weight is 208 g/mol.